The molecule has 1 heterocycles. The number of benzene rings is 1. The number of hydrogen-bond donors (Lipinski definition) is 1. The molecule has 0 atom stereocenters. The summed E-state index contributed by atoms with van der Waals surface area (Å²) in [6, 6.07) is 6.02. The molecule has 0 saturated carbocycles. The first kappa shape index (κ1) is 18.8. The van der Waals surface area contributed by atoms with Crippen LogP contribution >= 0.6 is 11.8 Å². The van der Waals surface area contributed by atoms with Crippen LogP contribution < -0.4 is 14.8 Å². The van der Waals surface area contributed by atoms with Crippen LogP contribution in [0.3, 0.4) is 0 Å². The molecule has 0 bridgehead atoms. The van der Waals surface area contributed by atoms with Gasteiger partial charge in [-0.1, -0.05) is 6.07 Å². The first-order valence-electron chi connectivity index (χ1n) is 8.73. The maximum atomic E-state index is 12.2. The first-order chi connectivity index (χ1) is 11.7. The Morgan fingerprint density at radius 3 is 2.75 bits per heavy atom. The van der Waals surface area contributed by atoms with E-state index in [9.17, 15) is 4.79 Å². The largest absolute Gasteiger partial charge is 0.490 e. The third-order valence-electron chi connectivity index (χ3n) is 3.81. The minimum absolute atomic E-state index is 0.0495. The van der Waals surface area contributed by atoms with Crippen molar-refractivity contribution in [1.82, 2.24) is 10.2 Å². The Bertz CT molecular complexity index is 517. The van der Waals surface area contributed by atoms with E-state index in [-0.39, 0.29) is 6.03 Å². The van der Waals surface area contributed by atoms with Gasteiger partial charge >= 0.3 is 6.03 Å². The van der Waals surface area contributed by atoms with Crippen molar-refractivity contribution in [3.05, 3.63) is 23.8 Å². The second kappa shape index (κ2) is 10.3. The molecule has 1 saturated heterocycles. The lowest BCUT2D eigenvalue weighted by atomic mass is 10.1. The lowest BCUT2D eigenvalue weighted by Gasteiger charge is -2.20. The van der Waals surface area contributed by atoms with Crippen LogP contribution in [0.15, 0.2) is 18.2 Å². The minimum atomic E-state index is 0.0495. The Hall–Kier alpha value is -1.56. The van der Waals surface area contributed by atoms with Gasteiger partial charge in [-0.2, -0.15) is 11.8 Å². The van der Waals surface area contributed by atoms with E-state index in [0.29, 0.717) is 19.8 Å². The van der Waals surface area contributed by atoms with Crippen LogP contribution in [0.25, 0.3) is 0 Å². The predicted molar refractivity (Wildman–Crippen MR) is 99.4 cm³/mol. The summed E-state index contributed by atoms with van der Waals surface area (Å²) in [5, 5.41) is 3.03. The van der Waals surface area contributed by atoms with Gasteiger partial charge in [-0.3, -0.25) is 0 Å². The molecular weight excluding hydrogens is 324 g/mol. The molecule has 134 valence electrons. The molecular formula is C18H28N2O3S. The zero-order valence-corrected chi connectivity index (χ0v) is 15.5. The fourth-order valence-electron chi connectivity index (χ4n) is 2.63. The van der Waals surface area contributed by atoms with Crippen molar-refractivity contribution in [2.45, 2.75) is 26.7 Å². The fraction of sp³-hybridized carbons (Fsp3) is 0.611. The number of urea groups is 1. The Balaban J connectivity index is 1.84. The number of nitrogens with zero attached hydrogens (tertiary/aromatic N) is 1. The van der Waals surface area contributed by atoms with Crippen molar-refractivity contribution >= 4 is 17.8 Å². The molecule has 1 fully saturated rings. The highest BCUT2D eigenvalue weighted by molar-refractivity contribution is 7.99. The van der Waals surface area contributed by atoms with E-state index < -0.39 is 0 Å². The molecule has 1 aliphatic heterocycles. The summed E-state index contributed by atoms with van der Waals surface area (Å²) in [6.07, 6.45) is 1.86. The van der Waals surface area contributed by atoms with Gasteiger partial charge in [-0.15, -0.1) is 0 Å². The average Bonchev–Trinajstić information content (AvgIpc) is 2.87. The van der Waals surface area contributed by atoms with Crippen LogP contribution in [0.4, 0.5) is 4.79 Å². The molecule has 2 rings (SSSR count). The number of nitrogens with one attached hydrogen (secondary N) is 1. The topological polar surface area (TPSA) is 50.8 Å². The lowest BCUT2D eigenvalue weighted by molar-refractivity contribution is 0.202. The monoisotopic (exact) mass is 352 g/mol. The van der Waals surface area contributed by atoms with Crippen LogP contribution in [-0.4, -0.2) is 55.3 Å². The average molecular weight is 353 g/mol. The van der Waals surface area contributed by atoms with Crippen LogP contribution in [-0.2, 0) is 6.42 Å². The SMILES string of the molecule is CCOc1ccc(CCNC(=O)N2CCCSCC2)cc1OCC. The molecule has 2 amide bonds. The van der Waals surface area contributed by atoms with Gasteiger partial charge in [-0.25, -0.2) is 4.79 Å². The number of thioether (sulfide) groups is 1. The summed E-state index contributed by atoms with van der Waals surface area (Å²) < 4.78 is 11.2. The molecule has 5 nitrogen and oxygen atoms in total. The normalized spacial score (nSPS) is 14.8. The van der Waals surface area contributed by atoms with E-state index in [1.807, 2.05) is 48.7 Å². The number of carbonyl (C=O) groups excluding carboxylic acids is 1. The van der Waals surface area contributed by atoms with Gasteiger partial charge in [0.1, 0.15) is 0 Å². The quantitative estimate of drug-likeness (QED) is 0.819. The molecule has 1 aliphatic rings. The summed E-state index contributed by atoms with van der Waals surface area (Å²) in [5.74, 6) is 3.72. The summed E-state index contributed by atoms with van der Waals surface area (Å²) >= 11 is 1.92. The number of amides is 2. The number of rotatable bonds is 7. The van der Waals surface area contributed by atoms with Crippen molar-refractivity contribution in [3.8, 4) is 11.5 Å². The van der Waals surface area contributed by atoms with E-state index in [0.717, 1.165) is 54.5 Å². The number of hydrogen-bond acceptors (Lipinski definition) is 4. The highest BCUT2D eigenvalue weighted by Gasteiger charge is 2.15. The van der Waals surface area contributed by atoms with Crippen LogP contribution in [0.2, 0.25) is 0 Å². The van der Waals surface area contributed by atoms with E-state index in [4.69, 9.17) is 9.47 Å². The summed E-state index contributed by atoms with van der Waals surface area (Å²) in [7, 11) is 0. The maximum Gasteiger partial charge on any atom is 0.317 e. The zero-order valence-electron chi connectivity index (χ0n) is 14.7. The summed E-state index contributed by atoms with van der Waals surface area (Å²) in [5.41, 5.74) is 1.13. The zero-order chi connectivity index (χ0) is 17.2. The van der Waals surface area contributed by atoms with Crippen molar-refractivity contribution in [2.75, 3.05) is 44.4 Å². The van der Waals surface area contributed by atoms with Crippen molar-refractivity contribution in [3.63, 3.8) is 0 Å². The van der Waals surface area contributed by atoms with E-state index >= 15 is 0 Å². The van der Waals surface area contributed by atoms with E-state index in [1.165, 1.54) is 0 Å². The van der Waals surface area contributed by atoms with E-state index in [1.54, 1.807) is 0 Å². The van der Waals surface area contributed by atoms with Gasteiger partial charge in [0, 0.05) is 25.4 Å². The third kappa shape index (κ3) is 5.82. The van der Waals surface area contributed by atoms with Crippen molar-refractivity contribution < 1.29 is 14.3 Å². The van der Waals surface area contributed by atoms with Gasteiger partial charge in [0.15, 0.2) is 11.5 Å². The molecule has 1 N–H and O–H groups in total. The molecule has 0 aliphatic carbocycles. The Labute approximate surface area is 149 Å². The molecule has 24 heavy (non-hydrogen) atoms. The van der Waals surface area contributed by atoms with E-state index in [2.05, 4.69) is 5.32 Å². The molecule has 6 heteroatoms. The first-order valence-corrected chi connectivity index (χ1v) is 9.89. The van der Waals surface area contributed by atoms with Gasteiger partial charge in [-0.05, 0) is 50.1 Å². The third-order valence-corrected chi connectivity index (χ3v) is 4.86. The molecule has 0 radical (unpaired) electrons. The smallest absolute Gasteiger partial charge is 0.317 e. The number of carbonyl (C=O) groups is 1. The van der Waals surface area contributed by atoms with Gasteiger partial charge < -0.3 is 19.7 Å². The highest BCUT2D eigenvalue weighted by atomic mass is 32.2. The number of ether oxygens (including phenoxy) is 2. The van der Waals surface area contributed by atoms with Crippen LogP contribution in [0.1, 0.15) is 25.8 Å². The van der Waals surface area contributed by atoms with Gasteiger partial charge in [0.2, 0.25) is 0 Å². The second-order valence-electron chi connectivity index (χ2n) is 5.58. The fourth-order valence-corrected chi connectivity index (χ4v) is 3.51. The van der Waals surface area contributed by atoms with Crippen molar-refractivity contribution in [1.29, 1.82) is 0 Å². The Kier molecular flexibility index (Phi) is 8.08. The van der Waals surface area contributed by atoms with Gasteiger partial charge in [0.25, 0.3) is 0 Å². The van der Waals surface area contributed by atoms with Crippen LogP contribution in [0.5, 0.6) is 11.5 Å². The standard InChI is InChI=1S/C18H28N2O3S/c1-3-22-16-7-6-15(14-17(16)23-4-2)8-9-19-18(21)20-10-5-12-24-13-11-20/h6-7,14H,3-5,8-13H2,1-2H3,(H,19,21). The second-order valence-corrected chi connectivity index (χ2v) is 6.81. The highest BCUT2D eigenvalue weighted by Crippen LogP contribution is 2.28. The molecule has 1 aromatic rings. The Morgan fingerprint density at radius 1 is 1.17 bits per heavy atom. The van der Waals surface area contributed by atoms with Crippen LogP contribution in [0, 0.1) is 0 Å². The molecule has 0 aromatic heterocycles. The Morgan fingerprint density at radius 2 is 1.96 bits per heavy atom. The van der Waals surface area contributed by atoms with Gasteiger partial charge in [0.05, 0.1) is 13.2 Å². The minimum Gasteiger partial charge on any atom is -0.490 e. The molecule has 0 unspecified atom stereocenters. The lowest BCUT2D eigenvalue weighted by Crippen LogP contribution is -2.41. The predicted octanol–water partition coefficient (Wildman–Crippen LogP) is 3.18. The molecule has 1 aromatic carbocycles. The maximum absolute atomic E-state index is 12.2. The molecule has 0 spiro atoms. The summed E-state index contributed by atoms with van der Waals surface area (Å²) in [4.78, 5) is 14.1. The summed E-state index contributed by atoms with van der Waals surface area (Å²) in [6.45, 7) is 7.46. The van der Waals surface area contributed by atoms with Crippen molar-refractivity contribution in [2.24, 2.45) is 0 Å².